The maximum Gasteiger partial charge on any atom is 0.118 e. The van der Waals surface area contributed by atoms with Gasteiger partial charge in [-0.1, -0.05) is 30.3 Å². The van der Waals surface area contributed by atoms with Gasteiger partial charge in [0.25, 0.3) is 0 Å². The summed E-state index contributed by atoms with van der Waals surface area (Å²) >= 11 is 0. The molecule has 0 saturated carbocycles. The van der Waals surface area contributed by atoms with Crippen LogP contribution in [0.5, 0.6) is 5.75 Å². The van der Waals surface area contributed by atoms with E-state index < -0.39 is 5.60 Å². The molecule has 19 heavy (non-hydrogen) atoms. The van der Waals surface area contributed by atoms with Gasteiger partial charge in [-0.3, -0.25) is 0 Å². The lowest BCUT2D eigenvalue weighted by molar-refractivity contribution is 0.101. The molecule has 1 atom stereocenters. The molecule has 2 aromatic rings. The average Bonchev–Trinajstić information content (AvgIpc) is 2.41. The van der Waals surface area contributed by atoms with Crippen molar-refractivity contribution in [2.45, 2.75) is 26.4 Å². The third kappa shape index (κ3) is 2.49. The number of benzene rings is 2. The largest absolute Gasteiger partial charge is 0.497 e. The van der Waals surface area contributed by atoms with Crippen molar-refractivity contribution < 1.29 is 9.84 Å². The molecular weight excluding hydrogens is 236 g/mol. The molecule has 0 amide bonds. The van der Waals surface area contributed by atoms with Crippen LogP contribution in [0.4, 0.5) is 0 Å². The monoisotopic (exact) mass is 256 g/mol. The number of ether oxygens (including phenoxy) is 1. The van der Waals surface area contributed by atoms with Crippen molar-refractivity contribution in [2.24, 2.45) is 0 Å². The van der Waals surface area contributed by atoms with E-state index in [-0.39, 0.29) is 0 Å². The summed E-state index contributed by atoms with van der Waals surface area (Å²) in [7, 11) is 1.64. The Kier molecular flexibility index (Phi) is 3.63. The zero-order valence-corrected chi connectivity index (χ0v) is 11.9. The van der Waals surface area contributed by atoms with Crippen LogP contribution in [0.25, 0.3) is 0 Å². The van der Waals surface area contributed by atoms with E-state index in [2.05, 4.69) is 13.0 Å². The predicted molar refractivity (Wildman–Crippen MR) is 77.6 cm³/mol. The Hall–Kier alpha value is -1.80. The van der Waals surface area contributed by atoms with Gasteiger partial charge in [-0.05, 0) is 55.2 Å². The fourth-order valence-electron chi connectivity index (χ4n) is 2.35. The quantitative estimate of drug-likeness (QED) is 0.909. The van der Waals surface area contributed by atoms with Crippen molar-refractivity contribution in [2.75, 3.05) is 7.11 Å². The first-order valence-corrected chi connectivity index (χ1v) is 6.40. The maximum absolute atomic E-state index is 10.9. The molecule has 0 radical (unpaired) electrons. The number of methoxy groups -OCH3 is 1. The first kappa shape index (κ1) is 13.6. The third-order valence-electron chi connectivity index (χ3n) is 3.78. The minimum absolute atomic E-state index is 0.792. The molecule has 0 bridgehead atoms. The second kappa shape index (κ2) is 5.06. The SMILES string of the molecule is COc1ccc(C(C)(O)c2cccc(C)c2C)cc1. The molecule has 2 nitrogen and oxygen atoms in total. The second-order valence-corrected chi connectivity index (χ2v) is 5.05. The van der Waals surface area contributed by atoms with Crippen LogP contribution in [-0.2, 0) is 5.60 Å². The normalized spacial score (nSPS) is 13.9. The van der Waals surface area contributed by atoms with Crippen molar-refractivity contribution in [3.8, 4) is 5.75 Å². The van der Waals surface area contributed by atoms with Crippen LogP contribution in [0.2, 0.25) is 0 Å². The number of aliphatic hydroxyl groups is 1. The minimum Gasteiger partial charge on any atom is -0.497 e. The summed E-state index contributed by atoms with van der Waals surface area (Å²) in [6, 6.07) is 13.6. The Morgan fingerprint density at radius 3 is 2.21 bits per heavy atom. The van der Waals surface area contributed by atoms with E-state index in [0.717, 1.165) is 22.4 Å². The van der Waals surface area contributed by atoms with E-state index in [1.165, 1.54) is 5.56 Å². The minimum atomic E-state index is -0.998. The Labute approximate surface area is 114 Å². The lowest BCUT2D eigenvalue weighted by Crippen LogP contribution is -2.24. The van der Waals surface area contributed by atoms with E-state index in [4.69, 9.17) is 4.74 Å². The summed E-state index contributed by atoms with van der Waals surface area (Å²) in [5, 5.41) is 10.9. The average molecular weight is 256 g/mol. The van der Waals surface area contributed by atoms with Crippen LogP contribution in [0.3, 0.4) is 0 Å². The van der Waals surface area contributed by atoms with Gasteiger partial charge in [0.05, 0.1) is 7.11 Å². The Balaban J connectivity index is 2.48. The van der Waals surface area contributed by atoms with Crippen LogP contribution in [0.1, 0.15) is 29.2 Å². The summed E-state index contributed by atoms with van der Waals surface area (Å²) in [5.74, 6) is 0.792. The molecule has 100 valence electrons. The number of hydrogen-bond donors (Lipinski definition) is 1. The van der Waals surface area contributed by atoms with Gasteiger partial charge in [0, 0.05) is 0 Å². The molecular formula is C17H20O2. The van der Waals surface area contributed by atoms with Crippen molar-refractivity contribution in [1.82, 2.24) is 0 Å². The number of hydrogen-bond acceptors (Lipinski definition) is 2. The van der Waals surface area contributed by atoms with Crippen LogP contribution < -0.4 is 4.74 Å². The number of aryl methyl sites for hydroxylation is 1. The molecule has 0 aliphatic heterocycles. The van der Waals surface area contributed by atoms with E-state index in [9.17, 15) is 5.11 Å². The Bertz CT molecular complexity index is 568. The van der Waals surface area contributed by atoms with Gasteiger partial charge in [-0.15, -0.1) is 0 Å². The molecule has 0 heterocycles. The van der Waals surface area contributed by atoms with E-state index in [0.29, 0.717) is 0 Å². The van der Waals surface area contributed by atoms with Crippen LogP contribution in [0.15, 0.2) is 42.5 Å². The van der Waals surface area contributed by atoms with Crippen molar-refractivity contribution >= 4 is 0 Å². The standard InChI is InChI=1S/C17H20O2/c1-12-6-5-7-16(13(12)2)17(3,18)14-8-10-15(19-4)11-9-14/h5-11,18H,1-4H3. The van der Waals surface area contributed by atoms with E-state index in [1.54, 1.807) is 7.11 Å². The molecule has 0 aliphatic rings. The van der Waals surface area contributed by atoms with E-state index >= 15 is 0 Å². The molecule has 2 aromatic carbocycles. The van der Waals surface area contributed by atoms with Gasteiger partial charge in [0.2, 0.25) is 0 Å². The fourth-order valence-corrected chi connectivity index (χ4v) is 2.35. The number of rotatable bonds is 3. The first-order chi connectivity index (χ1) is 8.96. The molecule has 0 aromatic heterocycles. The summed E-state index contributed by atoms with van der Waals surface area (Å²) in [5.41, 5.74) is 3.12. The van der Waals surface area contributed by atoms with Crippen molar-refractivity contribution in [3.05, 3.63) is 64.7 Å². The molecule has 2 rings (SSSR count). The fraction of sp³-hybridized carbons (Fsp3) is 0.294. The summed E-state index contributed by atoms with van der Waals surface area (Å²) in [6.07, 6.45) is 0. The zero-order chi connectivity index (χ0) is 14.0. The third-order valence-corrected chi connectivity index (χ3v) is 3.78. The smallest absolute Gasteiger partial charge is 0.118 e. The van der Waals surface area contributed by atoms with Gasteiger partial charge in [-0.2, -0.15) is 0 Å². The Morgan fingerprint density at radius 2 is 1.63 bits per heavy atom. The first-order valence-electron chi connectivity index (χ1n) is 6.40. The van der Waals surface area contributed by atoms with Gasteiger partial charge in [0.1, 0.15) is 11.4 Å². The molecule has 0 spiro atoms. The highest BCUT2D eigenvalue weighted by atomic mass is 16.5. The molecule has 0 saturated heterocycles. The Morgan fingerprint density at radius 1 is 1.00 bits per heavy atom. The lowest BCUT2D eigenvalue weighted by atomic mass is 9.84. The van der Waals surface area contributed by atoms with Crippen LogP contribution in [0, 0.1) is 13.8 Å². The van der Waals surface area contributed by atoms with Crippen LogP contribution >= 0.6 is 0 Å². The molecule has 2 heteroatoms. The highest BCUT2D eigenvalue weighted by Crippen LogP contribution is 2.33. The van der Waals surface area contributed by atoms with Crippen LogP contribution in [-0.4, -0.2) is 12.2 Å². The maximum atomic E-state index is 10.9. The topological polar surface area (TPSA) is 29.5 Å². The highest BCUT2D eigenvalue weighted by molar-refractivity contribution is 5.44. The predicted octanol–water partition coefficient (Wildman–Crippen LogP) is 3.57. The van der Waals surface area contributed by atoms with Crippen molar-refractivity contribution in [1.29, 1.82) is 0 Å². The summed E-state index contributed by atoms with van der Waals surface area (Å²) in [6.45, 7) is 5.93. The summed E-state index contributed by atoms with van der Waals surface area (Å²) in [4.78, 5) is 0. The lowest BCUT2D eigenvalue weighted by Gasteiger charge is -2.27. The van der Waals surface area contributed by atoms with Gasteiger partial charge < -0.3 is 9.84 Å². The summed E-state index contributed by atoms with van der Waals surface area (Å²) < 4.78 is 5.15. The second-order valence-electron chi connectivity index (χ2n) is 5.05. The molecule has 0 aliphatic carbocycles. The highest BCUT2D eigenvalue weighted by Gasteiger charge is 2.27. The molecule has 0 fully saturated rings. The van der Waals surface area contributed by atoms with Gasteiger partial charge in [0.15, 0.2) is 0 Å². The van der Waals surface area contributed by atoms with Gasteiger partial charge in [-0.25, -0.2) is 0 Å². The van der Waals surface area contributed by atoms with Crippen molar-refractivity contribution in [3.63, 3.8) is 0 Å². The van der Waals surface area contributed by atoms with Gasteiger partial charge >= 0.3 is 0 Å². The zero-order valence-electron chi connectivity index (χ0n) is 11.9. The van der Waals surface area contributed by atoms with E-state index in [1.807, 2.05) is 50.2 Å². The molecule has 1 N–H and O–H groups in total. The molecule has 1 unspecified atom stereocenters.